The first-order chi connectivity index (χ1) is 12.2. The molecule has 3 fully saturated rings. The average Bonchev–Trinajstić information content (AvgIpc) is 3.03. The van der Waals surface area contributed by atoms with E-state index in [1.807, 2.05) is 29.1 Å². The topological polar surface area (TPSA) is 39.1 Å². The van der Waals surface area contributed by atoms with Crippen molar-refractivity contribution in [1.29, 1.82) is 0 Å². The second kappa shape index (κ2) is 6.27. The molecule has 0 unspecified atom stereocenters. The number of halogens is 2. The maximum Gasteiger partial charge on any atom is 0.102 e. The largest absolute Gasteiger partial charge is 0.372 e. The van der Waals surface area contributed by atoms with Gasteiger partial charge in [-0.25, -0.2) is 4.68 Å². The number of rotatable bonds is 5. The van der Waals surface area contributed by atoms with Gasteiger partial charge in [0.05, 0.1) is 34.6 Å². The molecule has 6 heteroatoms. The van der Waals surface area contributed by atoms with Gasteiger partial charge in [-0.15, -0.1) is 0 Å². The number of nitrogens with zero attached hydrogens (tertiary/aromatic N) is 2. The Labute approximate surface area is 157 Å². The summed E-state index contributed by atoms with van der Waals surface area (Å²) in [4.78, 5) is 0. The van der Waals surface area contributed by atoms with Crippen LogP contribution in [-0.4, -0.2) is 28.5 Å². The lowest BCUT2D eigenvalue weighted by Gasteiger charge is -2.23. The number of benzene rings is 1. The van der Waals surface area contributed by atoms with Gasteiger partial charge in [0.2, 0.25) is 0 Å². The number of hydrogen-bond donors (Lipinski definition) is 1. The predicted molar refractivity (Wildman–Crippen MR) is 98.7 cm³/mol. The Hall–Kier alpha value is -1.07. The monoisotopic (exact) mass is 377 g/mol. The number of nitrogens with one attached hydrogen (secondary N) is 1. The van der Waals surface area contributed by atoms with Gasteiger partial charge in [0, 0.05) is 12.6 Å². The Balaban J connectivity index is 1.46. The Kier molecular flexibility index (Phi) is 4.05. The smallest absolute Gasteiger partial charge is 0.102 e. The van der Waals surface area contributed by atoms with Gasteiger partial charge in [-0.05, 0) is 55.2 Å². The fourth-order valence-corrected chi connectivity index (χ4v) is 4.88. The highest BCUT2D eigenvalue weighted by molar-refractivity contribution is 6.37. The summed E-state index contributed by atoms with van der Waals surface area (Å²) in [5.74, 6) is 1.25. The van der Waals surface area contributed by atoms with Crippen LogP contribution in [0.1, 0.15) is 42.9 Å². The second-order valence-electron chi connectivity index (χ2n) is 7.49. The van der Waals surface area contributed by atoms with Crippen molar-refractivity contribution in [3.63, 3.8) is 0 Å². The molecule has 1 aliphatic heterocycles. The normalized spacial score (nSPS) is 28.0. The fraction of sp³-hybridized carbons (Fsp3) is 0.526. The number of ether oxygens (including phenoxy) is 1. The molecule has 5 rings (SSSR count). The van der Waals surface area contributed by atoms with Crippen molar-refractivity contribution in [2.75, 3.05) is 6.54 Å². The number of fused-ring (bicyclic) bond motifs is 2. The zero-order valence-corrected chi connectivity index (χ0v) is 15.4. The van der Waals surface area contributed by atoms with E-state index in [2.05, 4.69) is 10.4 Å². The summed E-state index contributed by atoms with van der Waals surface area (Å²) in [6.45, 7) is 1.65. The molecule has 0 amide bonds. The van der Waals surface area contributed by atoms with Gasteiger partial charge in [0.25, 0.3) is 0 Å². The highest BCUT2D eigenvalue weighted by atomic mass is 35.5. The molecule has 1 N–H and O–H groups in total. The molecule has 1 aromatic heterocycles. The highest BCUT2D eigenvalue weighted by Crippen LogP contribution is 2.43. The zero-order valence-electron chi connectivity index (χ0n) is 13.9. The summed E-state index contributed by atoms with van der Waals surface area (Å²) in [5, 5.41) is 9.38. The van der Waals surface area contributed by atoms with Crippen LogP contribution in [-0.2, 0) is 11.3 Å². The van der Waals surface area contributed by atoms with Crippen LogP contribution in [0, 0.1) is 5.92 Å². The maximum atomic E-state index is 6.42. The van der Waals surface area contributed by atoms with E-state index >= 15 is 0 Å². The third-order valence-electron chi connectivity index (χ3n) is 5.80. The van der Waals surface area contributed by atoms with Crippen LogP contribution >= 0.6 is 23.2 Å². The molecule has 2 aromatic rings. The number of piperidine rings is 1. The molecule has 2 saturated carbocycles. The summed E-state index contributed by atoms with van der Waals surface area (Å²) in [6.07, 6.45) is 7.14. The lowest BCUT2D eigenvalue weighted by atomic mass is 10.1. The van der Waals surface area contributed by atoms with E-state index in [4.69, 9.17) is 27.9 Å². The first-order valence-electron chi connectivity index (χ1n) is 9.07. The summed E-state index contributed by atoms with van der Waals surface area (Å²) < 4.78 is 8.25. The van der Waals surface area contributed by atoms with E-state index in [0.29, 0.717) is 40.6 Å². The van der Waals surface area contributed by atoms with Crippen molar-refractivity contribution in [1.82, 2.24) is 15.1 Å². The minimum absolute atomic E-state index is 0.350. The standard InChI is InChI=1S/C19H21Cl2N3O/c20-15-2-1-3-16(21)19(15)24-17(14(9-23-24)11-4-5-11)10-25-18-7-13-6-12(18)8-22-13/h1-3,9,11-13,18,22H,4-8,10H2/t12-,13-,18+/m0/s1. The zero-order chi connectivity index (χ0) is 17.0. The Morgan fingerprint density at radius 3 is 2.64 bits per heavy atom. The Bertz CT molecular complexity index is 782. The first kappa shape index (κ1) is 16.1. The minimum atomic E-state index is 0.350. The molecule has 2 heterocycles. The van der Waals surface area contributed by atoms with Crippen molar-refractivity contribution < 1.29 is 4.74 Å². The van der Waals surface area contributed by atoms with Crippen molar-refractivity contribution in [3.8, 4) is 5.69 Å². The molecule has 3 aliphatic rings. The molecular formula is C19H21Cl2N3O. The molecule has 132 valence electrons. The fourth-order valence-electron chi connectivity index (χ4n) is 4.33. The van der Waals surface area contributed by atoms with Gasteiger partial charge < -0.3 is 10.1 Å². The molecule has 0 radical (unpaired) electrons. The molecular weight excluding hydrogens is 357 g/mol. The molecule has 2 bridgehead atoms. The summed E-state index contributed by atoms with van der Waals surface area (Å²) >= 11 is 12.8. The molecule has 4 nitrogen and oxygen atoms in total. The van der Waals surface area contributed by atoms with Crippen molar-refractivity contribution in [3.05, 3.63) is 45.7 Å². The third-order valence-corrected chi connectivity index (χ3v) is 6.41. The number of aromatic nitrogens is 2. The molecule has 1 saturated heterocycles. The summed E-state index contributed by atoms with van der Waals surface area (Å²) in [6, 6.07) is 6.21. The SMILES string of the molecule is Clc1cccc(Cl)c1-n1ncc(C2CC2)c1CO[C@@H]1C[C@@H]2C[C@H]1CN2. The van der Waals surface area contributed by atoms with Crippen molar-refractivity contribution >= 4 is 23.2 Å². The lowest BCUT2D eigenvalue weighted by molar-refractivity contribution is 0.00687. The van der Waals surface area contributed by atoms with Gasteiger partial charge >= 0.3 is 0 Å². The van der Waals surface area contributed by atoms with Crippen molar-refractivity contribution in [2.24, 2.45) is 5.92 Å². The van der Waals surface area contributed by atoms with Gasteiger partial charge in [-0.1, -0.05) is 29.3 Å². The van der Waals surface area contributed by atoms with Crippen LogP contribution in [0.25, 0.3) is 5.69 Å². The van der Waals surface area contributed by atoms with Crippen LogP contribution in [0.3, 0.4) is 0 Å². The predicted octanol–water partition coefficient (Wildman–Crippen LogP) is 4.32. The van der Waals surface area contributed by atoms with Gasteiger partial charge in [-0.3, -0.25) is 0 Å². The van der Waals surface area contributed by atoms with Crippen LogP contribution in [0.4, 0.5) is 0 Å². The van der Waals surface area contributed by atoms with E-state index in [9.17, 15) is 0 Å². The molecule has 0 spiro atoms. The molecule has 3 atom stereocenters. The third kappa shape index (κ3) is 2.89. The van der Waals surface area contributed by atoms with Crippen LogP contribution < -0.4 is 5.32 Å². The van der Waals surface area contributed by atoms with E-state index in [0.717, 1.165) is 24.3 Å². The molecule has 1 aromatic carbocycles. The van der Waals surface area contributed by atoms with Crippen LogP contribution in [0.5, 0.6) is 0 Å². The van der Waals surface area contributed by atoms with Gasteiger partial charge in [0.1, 0.15) is 5.69 Å². The molecule has 2 aliphatic carbocycles. The maximum absolute atomic E-state index is 6.42. The van der Waals surface area contributed by atoms with E-state index < -0.39 is 0 Å². The van der Waals surface area contributed by atoms with Gasteiger partial charge in [-0.2, -0.15) is 5.10 Å². The van der Waals surface area contributed by atoms with Crippen LogP contribution in [0.2, 0.25) is 10.0 Å². The summed E-state index contributed by atoms with van der Waals surface area (Å²) in [7, 11) is 0. The lowest BCUT2D eigenvalue weighted by Crippen LogP contribution is -2.34. The first-order valence-corrected chi connectivity index (χ1v) is 9.82. The Morgan fingerprint density at radius 2 is 2.00 bits per heavy atom. The number of hydrogen-bond acceptors (Lipinski definition) is 3. The average molecular weight is 378 g/mol. The molecule has 25 heavy (non-hydrogen) atoms. The van der Waals surface area contributed by atoms with E-state index in [1.54, 1.807) is 0 Å². The second-order valence-corrected chi connectivity index (χ2v) is 8.30. The highest BCUT2D eigenvalue weighted by Gasteiger charge is 2.40. The van der Waals surface area contributed by atoms with E-state index in [1.165, 1.54) is 24.8 Å². The number of para-hydroxylation sites is 1. The van der Waals surface area contributed by atoms with Crippen LogP contribution in [0.15, 0.2) is 24.4 Å². The minimum Gasteiger partial charge on any atom is -0.372 e. The van der Waals surface area contributed by atoms with E-state index in [-0.39, 0.29) is 0 Å². The van der Waals surface area contributed by atoms with Crippen molar-refractivity contribution in [2.45, 2.75) is 50.4 Å². The summed E-state index contributed by atoms with van der Waals surface area (Å²) in [5.41, 5.74) is 3.15. The Morgan fingerprint density at radius 1 is 1.20 bits per heavy atom. The van der Waals surface area contributed by atoms with Gasteiger partial charge in [0.15, 0.2) is 0 Å². The quantitative estimate of drug-likeness (QED) is 0.842.